The van der Waals surface area contributed by atoms with Crippen molar-refractivity contribution in [3.05, 3.63) is 11.4 Å². The number of rotatable bonds is 8. The Bertz CT molecular complexity index is 506. The zero-order valence-corrected chi connectivity index (χ0v) is 13.2. The molecule has 1 aromatic heterocycles. The molecule has 0 unspecified atom stereocenters. The predicted octanol–water partition coefficient (Wildman–Crippen LogP) is 2.29. The van der Waals surface area contributed by atoms with Gasteiger partial charge < -0.3 is 0 Å². The lowest BCUT2D eigenvalue weighted by atomic mass is 10.2. The molecule has 0 atom stereocenters. The minimum atomic E-state index is -3.43. The average molecular weight is 287 g/mol. The summed E-state index contributed by atoms with van der Waals surface area (Å²) in [5, 5.41) is 4.14. The normalized spacial score (nSPS) is 12.0. The Labute approximate surface area is 116 Å². The van der Waals surface area contributed by atoms with Gasteiger partial charge in [0.1, 0.15) is 4.90 Å². The summed E-state index contributed by atoms with van der Waals surface area (Å²) in [6.07, 6.45) is 5.54. The number of hydrogen-bond donors (Lipinski definition) is 1. The first-order chi connectivity index (χ1) is 8.90. The Morgan fingerprint density at radius 3 is 2.32 bits per heavy atom. The quantitative estimate of drug-likeness (QED) is 0.746. The van der Waals surface area contributed by atoms with Crippen LogP contribution in [0, 0.1) is 13.8 Å². The highest BCUT2D eigenvalue weighted by atomic mass is 32.2. The van der Waals surface area contributed by atoms with Crippen molar-refractivity contribution in [3.8, 4) is 0 Å². The predicted molar refractivity (Wildman–Crippen MR) is 76.6 cm³/mol. The van der Waals surface area contributed by atoms with Gasteiger partial charge in [0.05, 0.1) is 11.4 Å². The maximum absolute atomic E-state index is 12.2. The third kappa shape index (κ3) is 4.31. The second kappa shape index (κ2) is 7.05. The molecule has 1 N–H and O–H groups in total. The van der Waals surface area contributed by atoms with Gasteiger partial charge in [-0.15, -0.1) is 0 Å². The van der Waals surface area contributed by atoms with E-state index in [2.05, 4.69) is 16.7 Å². The number of nitrogens with zero attached hydrogens (tertiary/aromatic N) is 2. The van der Waals surface area contributed by atoms with Crippen molar-refractivity contribution in [2.45, 2.75) is 57.8 Å². The summed E-state index contributed by atoms with van der Waals surface area (Å²) >= 11 is 0. The monoisotopic (exact) mass is 287 g/mol. The standard InChI is InChI=1S/C13H25N3O2S/c1-5-6-7-8-9-10-14-19(17,18)13-11(2)15-16(4)12(13)3/h14H,5-10H2,1-4H3. The van der Waals surface area contributed by atoms with E-state index in [0.29, 0.717) is 22.8 Å². The first-order valence-electron chi connectivity index (χ1n) is 6.90. The fourth-order valence-electron chi connectivity index (χ4n) is 2.15. The van der Waals surface area contributed by atoms with Crippen molar-refractivity contribution in [3.63, 3.8) is 0 Å². The van der Waals surface area contributed by atoms with Gasteiger partial charge in [0.15, 0.2) is 0 Å². The number of aryl methyl sites for hydroxylation is 2. The van der Waals surface area contributed by atoms with E-state index in [4.69, 9.17) is 0 Å². The van der Waals surface area contributed by atoms with Crippen molar-refractivity contribution < 1.29 is 8.42 Å². The van der Waals surface area contributed by atoms with Gasteiger partial charge in [0, 0.05) is 13.6 Å². The molecule has 0 aromatic carbocycles. The smallest absolute Gasteiger partial charge is 0.244 e. The Morgan fingerprint density at radius 1 is 1.16 bits per heavy atom. The molecule has 1 aromatic rings. The molecule has 5 nitrogen and oxygen atoms in total. The molecule has 0 aliphatic carbocycles. The van der Waals surface area contributed by atoms with Crippen LogP contribution in [0.4, 0.5) is 0 Å². The van der Waals surface area contributed by atoms with Crippen LogP contribution in [0.2, 0.25) is 0 Å². The molecule has 1 rings (SSSR count). The van der Waals surface area contributed by atoms with Crippen LogP contribution in [-0.2, 0) is 17.1 Å². The van der Waals surface area contributed by atoms with Crippen LogP contribution in [0.5, 0.6) is 0 Å². The Balaban J connectivity index is 2.57. The van der Waals surface area contributed by atoms with Crippen molar-refractivity contribution in [1.82, 2.24) is 14.5 Å². The summed E-state index contributed by atoms with van der Waals surface area (Å²) in [5.74, 6) is 0. The molecular weight excluding hydrogens is 262 g/mol. The number of unbranched alkanes of at least 4 members (excludes halogenated alkanes) is 4. The van der Waals surface area contributed by atoms with Crippen molar-refractivity contribution in [2.24, 2.45) is 7.05 Å². The molecule has 0 aliphatic rings. The van der Waals surface area contributed by atoms with Crippen LogP contribution in [0.1, 0.15) is 50.4 Å². The number of hydrogen-bond acceptors (Lipinski definition) is 3. The Kier molecular flexibility index (Phi) is 6.00. The lowest BCUT2D eigenvalue weighted by molar-refractivity contribution is 0.569. The summed E-state index contributed by atoms with van der Waals surface area (Å²) in [5.41, 5.74) is 1.23. The minimum absolute atomic E-state index is 0.323. The third-order valence-electron chi connectivity index (χ3n) is 3.28. The number of aromatic nitrogens is 2. The molecule has 0 fully saturated rings. The highest BCUT2D eigenvalue weighted by Crippen LogP contribution is 2.18. The molecular formula is C13H25N3O2S. The summed E-state index contributed by atoms with van der Waals surface area (Å²) in [4.78, 5) is 0.323. The number of nitrogens with one attached hydrogen (secondary N) is 1. The molecule has 19 heavy (non-hydrogen) atoms. The van der Waals surface area contributed by atoms with Crippen LogP contribution in [-0.4, -0.2) is 24.7 Å². The van der Waals surface area contributed by atoms with Gasteiger partial charge >= 0.3 is 0 Å². The fraction of sp³-hybridized carbons (Fsp3) is 0.769. The maximum atomic E-state index is 12.2. The average Bonchev–Trinajstić information content (AvgIpc) is 2.58. The highest BCUT2D eigenvalue weighted by Gasteiger charge is 2.22. The van der Waals surface area contributed by atoms with Gasteiger partial charge in [-0.05, 0) is 20.3 Å². The van der Waals surface area contributed by atoms with Gasteiger partial charge in [0.25, 0.3) is 0 Å². The molecule has 0 aliphatic heterocycles. The lowest BCUT2D eigenvalue weighted by Crippen LogP contribution is -2.25. The Morgan fingerprint density at radius 2 is 1.79 bits per heavy atom. The fourth-order valence-corrected chi connectivity index (χ4v) is 3.66. The van der Waals surface area contributed by atoms with E-state index in [1.807, 2.05) is 0 Å². The largest absolute Gasteiger partial charge is 0.271 e. The SMILES string of the molecule is CCCCCCCNS(=O)(=O)c1c(C)nn(C)c1C. The molecule has 0 amide bonds. The van der Waals surface area contributed by atoms with Gasteiger partial charge in [0.2, 0.25) is 10.0 Å². The topological polar surface area (TPSA) is 64.0 Å². The lowest BCUT2D eigenvalue weighted by Gasteiger charge is -2.07. The first-order valence-corrected chi connectivity index (χ1v) is 8.38. The van der Waals surface area contributed by atoms with Crippen molar-refractivity contribution >= 4 is 10.0 Å². The van der Waals surface area contributed by atoms with Crippen LogP contribution < -0.4 is 4.72 Å². The minimum Gasteiger partial charge on any atom is -0.271 e. The van der Waals surface area contributed by atoms with Crippen LogP contribution in [0.15, 0.2) is 4.90 Å². The third-order valence-corrected chi connectivity index (χ3v) is 5.00. The molecule has 110 valence electrons. The molecule has 0 saturated carbocycles. The van der Waals surface area contributed by atoms with E-state index in [1.165, 1.54) is 19.3 Å². The first kappa shape index (κ1) is 16.2. The van der Waals surface area contributed by atoms with Gasteiger partial charge in [-0.3, -0.25) is 4.68 Å². The molecule has 0 bridgehead atoms. The van der Waals surface area contributed by atoms with E-state index in [-0.39, 0.29) is 0 Å². The van der Waals surface area contributed by atoms with E-state index < -0.39 is 10.0 Å². The van der Waals surface area contributed by atoms with E-state index in [9.17, 15) is 8.42 Å². The summed E-state index contributed by atoms with van der Waals surface area (Å²) in [6.45, 7) is 6.16. The molecule has 0 saturated heterocycles. The van der Waals surface area contributed by atoms with E-state index in [0.717, 1.165) is 12.8 Å². The second-order valence-corrected chi connectivity index (χ2v) is 6.64. The van der Waals surface area contributed by atoms with Crippen LogP contribution in [0.25, 0.3) is 0 Å². The zero-order valence-electron chi connectivity index (χ0n) is 12.4. The van der Waals surface area contributed by atoms with Crippen molar-refractivity contribution in [2.75, 3.05) is 6.54 Å². The van der Waals surface area contributed by atoms with Gasteiger partial charge in [-0.25, -0.2) is 13.1 Å². The van der Waals surface area contributed by atoms with Gasteiger partial charge in [-0.2, -0.15) is 5.10 Å². The number of sulfonamides is 1. The second-order valence-electron chi connectivity index (χ2n) is 4.94. The summed E-state index contributed by atoms with van der Waals surface area (Å²) in [6, 6.07) is 0. The zero-order chi connectivity index (χ0) is 14.5. The summed E-state index contributed by atoms with van der Waals surface area (Å²) in [7, 11) is -1.67. The van der Waals surface area contributed by atoms with Crippen LogP contribution >= 0.6 is 0 Å². The van der Waals surface area contributed by atoms with Crippen molar-refractivity contribution in [1.29, 1.82) is 0 Å². The van der Waals surface area contributed by atoms with E-state index >= 15 is 0 Å². The molecule has 1 heterocycles. The Hall–Kier alpha value is -0.880. The maximum Gasteiger partial charge on any atom is 0.244 e. The molecule has 0 spiro atoms. The van der Waals surface area contributed by atoms with Crippen LogP contribution in [0.3, 0.4) is 0 Å². The summed E-state index contributed by atoms with van der Waals surface area (Å²) < 4.78 is 28.7. The highest BCUT2D eigenvalue weighted by molar-refractivity contribution is 7.89. The molecule has 6 heteroatoms. The van der Waals surface area contributed by atoms with Gasteiger partial charge in [-0.1, -0.05) is 32.6 Å². The molecule has 0 radical (unpaired) electrons. The van der Waals surface area contributed by atoms with E-state index in [1.54, 1.807) is 25.6 Å².